The Kier molecular flexibility index (Phi) is 64.2. The van der Waals surface area contributed by atoms with E-state index in [9.17, 15) is 14.4 Å². The first kappa shape index (κ1) is 75.1. The third kappa shape index (κ3) is 63.9. The quantitative estimate of drug-likeness (QED) is 0.0261. The second kappa shape index (κ2) is 66.6. The fraction of sp³-hybridized carbons (Fsp3) is 0.819. The highest BCUT2D eigenvalue weighted by atomic mass is 16.6. The van der Waals surface area contributed by atoms with E-state index in [2.05, 4.69) is 81.5 Å². The summed E-state index contributed by atoms with van der Waals surface area (Å²) in [5.41, 5.74) is 0. The molecular formula is C72H130O6. The van der Waals surface area contributed by atoms with Crippen LogP contribution in [-0.4, -0.2) is 37.2 Å². The van der Waals surface area contributed by atoms with E-state index in [-0.39, 0.29) is 31.1 Å². The van der Waals surface area contributed by atoms with Gasteiger partial charge in [0.15, 0.2) is 6.10 Å². The highest BCUT2D eigenvalue weighted by Crippen LogP contribution is 2.18. The topological polar surface area (TPSA) is 78.9 Å². The maximum absolute atomic E-state index is 12.9. The van der Waals surface area contributed by atoms with Crippen molar-refractivity contribution >= 4 is 17.9 Å². The summed E-state index contributed by atoms with van der Waals surface area (Å²) in [7, 11) is 0. The van der Waals surface area contributed by atoms with Crippen LogP contribution in [-0.2, 0) is 28.6 Å². The van der Waals surface area contributed by atoms with Crippen LogP contribution < -0.4 is 0 Å². The minimum absolute atomic E-state index is 0.0659. The van der Waals surface area contributed by atoms with Crippen LogP contribution in [0.4, 0.5) is 0 Å². The third-order valence-electron chi connectivity index (χ3n) is 15.3. The first-order valence-corrected chi connectivity index (χ1v) is 34.3. The molecule has 454 valence electrons. The molecule has 6 nitrogen and oxygen atoms in total. The largest absolute Gasteiger partial charge is 0.462 e. The first-order valence-electron chi connectivity index (χ1n) is 34.3. The van der Waals surface area contributed by atoms with Crippen LogP contribution in [0.5, 0.6) is 0 Å². The molecular weight excluding hydrogens is 961 g/mol. The van der Waals surface area contributed by atoms with Crippen molar-refractivity contribution in [3.63, 3.8) is 0 Å². The van der Waals surface area contributed by atoms with Gasteiger partial charge < -0.3 is 14.2 Å². The fourth-order valence-corrected chi connectivity index (χ4v) is 10.2. The summed E-state index contributed by atoms with van der Waals surface area (Å²) in [4.78, 5) is 38.2. The average Bonchev–Trinajstić information content (AvgIpc) is 3.44. The van der Waals surface area contributed by atoms with E-state index >= 15 is 0 Å². The molecule has 0 aromatic rings. The molecule has 6 heteroatoms. The Morgan fingerprint density at radius 2 is 0.500 bits per heavy atom. The van der Waals surface area contributed by atoms with Crippen LogP contribution in [0.25, 0.3) is 0 Å². The van der Waals surface area contributed by atoms with Gasteiger partial charge in [0.05, 0.1) is 0 Å². The van der Waals surface area contributed by atoms with E-state index in [1.54, 1.807) is 0 Å². The number of allylic oxidation sites excluding steroid dienone is 10. The number of carbonyl (C=O) groups is 3. The Labute approximate surface area is 485 Å². The predicted molar refractivity (Wildman–Crippen MR) is 339 cm³/mol. The lowest BCUT2D eigenvalue weighted by molar-refractivity contribution is -0.167. The molecule has 0 rings (SSSR count). The number of ether oxygens (including phenoxy) is 3. The molecule has 0 spiro atoms. The molecule has 0 amide bonds. The van der Waals surface area contributed by atoms with Crippen molar-refractivity contribution in [3.8, 4) is 0 Å². The van der Waals surface area contributed by atoms with Gasteiger partial charge in [-0.05, 0) is 64.2 Å². The molecule has 1 unspecified atom stereocenters. The van der Waals surface area contributed by atoms with Gasteiger partial charge in [-0.2, -0.15) is 0 Å². The molecule has 0 aromatic carbocycles. The number of unbranched alkanes of at least 4 members (excludes halogenated alkanes) is 42. The zero-order valence-electron chi connectivity index (χ0n) is 52.2. The molecule has 0 N–H and O–H groups in total. The lowest BCUT2D eigenvalue weighted by atomic mass is 10.0. The number of carbonyl (C=O) groups excluding carboxylic acids is 3. The second-order valence-corrected chi connectivity index (χ2v) is 23.1. The summed E-state index contributed by atoms with van der Waals surface area (Å²) in [6.07, 6.45) is 85.5. The molecule has 0 aliphatic carbocycles. The van der Waals surface area contributed by atoms with Crippen LogP contribution in [0.3, 0.4) is 0 Å². The van der Waals surface area contributed by atoms with Gasteiger partial charge in [0.1, 0.15) is 13.2 Å². The van der Waals surface area contributed by atoms with E-state index in [0.29, 0.717) is 19.3 Å². The van der Waals surface area contributed by atoms with Crippen molar-refractivity contribution in [2.75, 3.05) is 13.2 Å². The molecule has 0 bridgehead atoms. The van der Waals surface area contributed by atoms with Crippen molar-refractivity contribution < 1.29 is 28.6 Å². The molecule has 0 aliphatic heterocycles. The smallest absolute Gasteiger partial charge is 0.306 e. The van der Waals surface area contributed by atoms with Crippen molar-refractivity contribution in [2.24, 2.45) is 0 Å². The van der Waals surface area contributed by atoms with Crippen LogP contribution in [0.15, 0.2) is 60.8 Å². The van der Waals surface area contributed by atoms with E-state index in [0.717, 1.165) is 89.9 Å². The monoisotopic (exact) mass is 1090 g/mol. The van der Waals surface area contributed by atoms with Gasteiger partial charge in [0.2, 0.25) is 0 Å². The lowest BCUT2D eigenvalue weighted by Gasteiger charge is -2.18. The van der Waals surface area contributed by atoms with E-state index in [1.807, 2.05) is 0 Å². The van der Waals surface area contributed by atoms with Crippen LogP contribution in [0.2, 0.25) is 0 Å². The summed E-state index contributed by atoms with van der Waals surface area (Å²) in [6.45, 7) is 6.57. The Balaban J connectivity index is 4.03. The van der Waals surface area contributed by atoms with Gasteiger partial charge in [-0.15, -0.1) is 0 Å². The number of hydrogen-bond acceptors (Lipinski definition) is 6. The third-order valence-corrected chi connectivity index (χ3v) is 15.3. The molecule has 0 saturated heterocycles. The van der Waals surface area contributed by atoms with Crippen LogP contribution >= 0.6 is 0 Å². The maximum Gasteiger partial charge on any atom is 0.306 e. The zero-order chi connectivity index (χ0) is 56.4. The van der Waals surface area contributed by atoms with Gasteiger partial charge in [0.25, 0.3) is 0 Å². The molecule has 0 aromatic heterocycles. The van der Waals surface area contributed by atoms with Gasteiger partial charge >= 0.3 is 17.9 Å². The lowest BCUT2D eigenvalue weighted by Crippen LogP contribution is -2.30. The van der Waals surface area contributed by atoms with Crippen molar-refractivity contribution in [2.45, 2.75) is 367 Å². The Bertz CT molecular complexity index is 1390. The molecule has 0 saturated carbocycles. The molecule has 0 fully saturated rings. The van der Waals surface area contributed by atoms with E-state index in [1.165, 1.54) is 231 Å². The zero-order valence-corrected chi connectivity index (χ0v) is 52.2. The minimum atomic E-state index is -0.767. The SMILES string of the molecule is CC/C=C\C/C=C\C/C=C\C/C=C\C/C=C\CCCCCCCCCCCCCCCCCCCCCC(=O)OCC(COC(=O)CCCCCCCCCCCCC)OC(=O)CCCCCCCCCCCCCCCC. The van der Waals surface area contributed by atoms with Gasteiger partial charge in [-0.25, -0.2) is 0 Å². The van der Waals surface area contributed by atoms with E-state index < -0.39 is 6.10 Å². The summed E-state index contributed by atoms with van der Waals surface area (Å²) in [5, 5.41) is 0. The molecule has 0 heterocycles. The highest BCUT2D eigenvalue weighted by Gasteiger charge is 2.19. The molecule has 1 atom stereocenters. The van der Waals surface area contributed by atoms with Crippen molar-refractivity contribution in [3.05, 3.63) is 60.8 Å². The minimum Gasteiger partial charge on any atom is -0.462 e. The summed E-state index contributed by atoms with van der Waals surface area (Å²) < 4.78 is 16.9. The Hall–Kier alpha value is -2.89. The van der Waals surface area contributed by atoms with Crippen LogP contribution in [0.1, 0.15) is 361 Å². The van der Waals surface area contributed by atoms with Gasteiger partial charge in [0, 0.05) is 19.3 Å². The summed E-state index contributed by atoms with van der Waals surface area (Å²) in [6, 6.07) is 0. The predicted octanol–water partition coefficient (Wildman–Crippen LogP) is 23.5. The standard InChI is InChI=1S/C72H130O6/c1-4-7-10-13-16-19-22-24-26-27-28-29-30-31-32-33-34-35-36-37-38-39-40-41-42-43-44-45-46-48-50-53-56-59-62-65-71(74)77-68-69(67-76-70(73)64-61-58-55-52-49-21-18-15-12-9-6-3)78-72(75)66-63-60-57-54-51-47-25-23-20-17-14-11-8-5-2/h7,10,16,19,24,26,28-29,31-32,69H,4-6,8-9,11-15,17-18,20-23,25,27,30,33-68H2,1-3H3/b10-7-,19-16-,26-24-,29-28-,32-31-. The molecule has 0 aliphatic rings. The molecule has 78 heavy (non-hydrogen) atoms. The number of hydrogen-bond donors (Lipinski definition) is 0. The molecule has 0 radical (unpaired) electrons. The maximum atomic E-state index is 12.9. The Morgan fingerprint density at radius 1 is 0.269 bits per heavy atom. The van der Waals surface area contributed by atoms with Gasteiger partial charge in [-0.1, -0.05) is 338 Å². The fourth-order valence-electron chi connectivity index (χ4n) is 10.2. The van der Waals surface area contributed by atoms with Gasteiger partial charge in [-0.3, -0.25) is 14.4 Å². The Morgan fingerprint density at radius 3 is 0.782 bits per heavy atom. The van der Waals surface area contributed by atoms with Crippen molar-refractivity contribution in [1.29, 1.82) is 0 Å². The highest BCUT2D eigenvalue weighted by molar-refractivity contribution is 5.71. The number of rotatable bonds is 63. The van der Waals surface area contributed by atoms with Crippen LogP contribution in [0, 0.1) is 0 Å². The van der Waals surface area contributed by atoms with E-state index in [4.69, 9.17) is 14.2 Å². The number of esters is 3. The normalized spacial score (nSPS) is 12.4. The second-order valence-electron chi connectivity index (χ2n) is 23.1. The summed E-state index contributed by atoms with van der Waals surface area (Å²) in [5.74, 6) is -0.842. The summed E-state index contributed by atoms with van der Waals surface area (Å²) >= 11 is 0. The first-order chi connectivity index (χ1) is 38.5. The average molecular weight is 1090 g/mol. The van der Waals surface area contributed by atoms with Crippen molar-refractivity contribution in [1.82, 2.24) is 0 Å².